The highest BCUT2D eigenvalue weighted by molar-refractivity contribution is 9.10. The van der Waals surface area contributed by atoms with Crippen LogP contribution in [0.3, 0.4) is 0 Å². The van der Waals surface area contributed by atoms with Crippen molar-refractivity contribution < 1.29 is 4.79 Å². The molecule has 0 saturated heterocycles. The molecule has 0 unspecified atom stereocenters. The molecule has 0 atom stereocenters. The molecule has 1 amide bonds. The van der Waals surface area contributed by atoms with Gasteiger partial charge in [-0.1, -0.05) is 27.5 Å². The van der Waals surface area contributed by atoms with Crippen molar-refractivity contribution in [1.29, 1.82) is 0 Å². The third kappa shape index (κ3) is 5.06. The predicted octanol–water partition coefficient (Wildman–Crippen LogP) is 2.67. The van der Waals surface area contributed by atoms with E-state index in [4.69, 9.17) is 11.6 Å². The van der Waals surface area contributed by atoms with Crippen LogP contribution in [0.15, 0.2) is 22.7 Å². The van der Waals surface area contributed by atoms with Crippen LogP contribution in [0.4, 0.5) is 0 Å². The van der Waals surface area contributed by atoms with E-state index in [-0.39, 0.29) is 5.91 Å². The standard InChI is InChI=1S/C12H16BrClN2O/c1-15-12(17)5-6-16(2)8-9-7-10(13)3-4-11(9)14/h3-4,7H,5-6,8H2,1-2H3,(H,15,17). The lowest BCUT2D eigenvalue weighted by molar-refractivity contribution is -0.120. The molecule has 0 saturated carbocycles. The third-order valence-electron chi connectivity index (χ3n) is 2.45. The maximum Gasteiger partial charge on any atom is 0.221 e. The first kappa shape index (κ1) is 14.5. The number of halogens is 2. The Morgan fingerprint density at radius 1 is 1.53 bits per heavy atom. The van der Waals surface area contributed by atoms with E-state index in [0.717, 1.165) is 21.6 Å². The van der Waals surface area contributed by atoms with Gasteiger partial charge in [-0.25, -0.2) is 0 Å². The van der Waals surface area contributed by atoms with Gasteiger partial charge in [0.1, 0.15) is 0 Å². The molecular formula is C12H16BrClN2O. The summed E-state index contributed by atoms with van der Waals surface area (Å²) in [5.74, 6) is 0.0530. The van der Waals surface area contributed by atoms with Gasteiger partial charge in [-0.3, -0.25) is 4.79 Å². The zero-order chi connectivity index (χ0) is 12.8. The summed E-state index contributed by atoms with van der Waals surface area (Å²) in [5, 5.41) is 3.36. The summed E-state index contributed by atoms with van der Waals surface area (Å²) in [5.41, 5.74) is 1.06. The molecule has 3 nitrogen and oxygen atoms in total. The quantitative estimate of drug-likeness (QED) is 0.905. The van der Waals surface area contributed by atoms with E-state index in [0.29, 0.717) is 13.0 Å². The number of carbonyl (C=O) groups is 1. The minimum absolute atomic E-state index is 0.0530. The Balaban J connectivity index is 2.52. The summed E-state index contributed by atoms with van der Waals surface area (Å²) < 4.78 is 1.01. The first-order valence-corrected chi connectivity index (χ1v) is 6.53. The summed E-state index contributed by atoms with van der Waals surface area (Å²) >= 11 is 9.52. The molecule has 94 valence electrons. The topological polar surface area (TPSA) is 32.3 Å². The van der Waals surface area contributed by atoms with E-state index < -0.39 is 0 Å². The highest BCUT2D eigenvalue weighted by atomic mass is 79.9. The van der Waals surface area contributed by atoms with Crippen molar-refractivity contribution >= 4 is 33.4 Å². The van der Waals surface area contributed by atoms with Gasteiger partial charge in [0, 0.05) is 36.1 Å². The minimum Gasteiger partial charge on any atom is -0.359 e. The average Bonchev–Trinajstić information content (AvgIpc) is 2.30. The predicted molar refractivity (Wildman–Crippen MR) is 74.2 cm³/mol. The van der Waals surface area contributed by atoms with Gasteiger partial charge in [-0.2, -0.15) is 0 Å². The molecule has 0 aromatic heterocycles. The summed E-state index contributed by atoms with van der Waals surface area (Å²) in [7, 11) is 3.62. The molecule has 0 aliphatic heterocycles. The van der Waals surface area contributed by atoms with Gasteiger partial charge in [-0.05, 0) is 30.8 Å². The number of nitrogens with zero attached hydrogens (tertiary/aromatic N) is 1. The SMILES string of the molecule is CNC(=O)CCN(C)Cc1cc(Br)ccc1Cl. The Kier molecular flexibility index (Phi) is 5.95. The number of hydrogen-bond acceptors (Lipinski definition) is 2. The van der Waals surface area contributed by atoms with Crippen molar-refractivity contribution in [2.45, 2.75) is 13.0 Å². The monoisotopic (exact) mass is 318 g/mol. The maximum absolute atomic E-state index is 11.1. The molecule has 0 fully saturated rings. The van der Waals surface area contributed by atoms with E-state index in [1.54, 1.807) is 7.05 Å². The second kappa shape index (κ2) is 6.99. The van der Waals surface area contributed by atoms with Crippen molar-refractivity contribution in [1.82, 2.24) is 10.2 Å². The fourth-order valence-corrected chi connectivity index (χ4v) is 2.04. The minimum atomic E-state index is 0.0530. The summed E-state index contributed by atoms with van der Waals surface area (Å²) in [6.07, 6.45) is 0.499. The van der Waals surface area contributed by atoms with Gasteiger partial charge in [0.15, 0.2) is 0 Å². The van der Waals surface area contributed by atoms with Gasteiger partial charge in [0.05, 0.1) is 0 Å². The molecule has 0 heterocycles. The number of rotatable bonds is 5. The van der Waals surface area contributed by atoms with Crippen molar-refractivity contribution in [3.05, 3.63) is 33.3 Å². The largest absolute Gasteiger partial charge is 0.359 e. The van der Waals surface area contributed by atoms with Crippen LogP contribution >= 0.6 is 27.5 Å². The molecule has 0 aliphatic rings. The molecule has 0 aliphatic carbocycles. The van der Waals surface area contributed by atoms with E-state index in [1.807, 2.05) is 25.2 Å². The van der Waals surface area contributed by atoms with E-state index in [9.17, 15) is 4.79 Å². The van der Waals surface area contributed by atoms with E-state index in [2.05, 4.69) is 26.1 Å². The zero-order valence-corrected chi connectivity index (χ0v) is 12.3. The summed E-state index contributed by atoms with van der Waals surface area (Å²) in [6, 6.07) is 5.78. The van der Waals surface area contributed by atoms with Crippen LogP contribution in [0.1, 0.15) is 12.0 Å². The molecule has 1 rings (SSSR count). The van der Waals surface area contributed by atoms with Crippen molar-refractivity contribution in [3.8, 4) is 0 Å². The van der Waals surface area contributed by atoms with Crippen LogP contribution in [-0.2, 0) is 11.3 Å². The maximum atomic E-state index is 11.1. The highest BCUT2D eigenvalue weighted by Gasteiger charge is 2.07. The average molecular weight is 320 g/mol. The number of hydrogen-bond donors (Lipinski definition) is 1. The fourth-order valence-electron chi connectivity index (χ4n) is 1.45. The normalized spacial score (nSPS) is 10.6. The number of nitrogens with one attached hydrogen (secondary N) is 1. The smallest absolute Gasteiger partial charge is 0.221 e. The molecule has 1 N–H and O–H groups in total. The number of carbonyl (C=O) groups excluding carboxylic acids is 1. The third-order valence-corrected chi connectivity index (χ3v) is 3.31. The molecular weight excluding hydrogens is 304 g/mol. The molecule has 0 spiro atoms. The van der Waals surface area contributed by atoms with Gasteiger partial charge in [0.25, 0.3) is 0 Å². The molecule has 5 heteroatoms. The lowest BCUT2D eigenvalue weighted by Gasteiger charge is -2.17. The molecule has 0 radical (unpaired) electrons. The van der Waals surface area contributed by atoms with Crippen LogP contribution in [0, 0.1) is 0 Å². The second-order valence-corrected chi connectivity index (χ2v) is 5.22. The van der Waals surface area contributed by atoms with E-state index in [1.165, 1.54) is 0 Å². The van der Waals surface area contributed by atoms with Crippen molar-refractivity contribution in [2.24, 2.45) is 0 Å². The Morgan fingerprint density at radius 2 is 2.24 bits per heavy atom. The number of benzene rings is 1. The Labute approximate surface area is 115 Å². The Morgan fingerprint density at radius 3 is 2.88 bits per heavy atom. The molecule has 1 aromatic rings. The molecule has 1 aromatic carbocycles. The lowest BCUT2D eigenvalue weighted by atomic mass is 10.2. The fraction of sp³-hybridized carbons (Fsp3) is 0.417. The van der Waals surface area contributed by atoms with Crippen LogP contribution in [0.5, 0.6) is 0 Å². The zero-order valence-electron chi connectivity index (χ0n) is 9.96. The lowest BCUT2D eigenvalue weighted by Crippen LogP contribution is -2.26. The highest BCUT2D eigenvalue weighted by Crippen LogP contribution is 2.22. The van der Waals surface area contributed by atoms with Crippen LogP contribution < -0.4 is 5.32 Å². The Hall–Kier alpha value is -0.580. The van der Waals surface area contributed by atoms with Crippen molar-refractivity contribution in [3.63, 3.8) is 0 Å². The second-order valence-electron chi connectivity index (χ2n) is 3.90. The summed E-state index contributed by atoms with van der Waals surface area (Å²) in [4.78, 5) is 13.2. The van der Waals surface area contributed by atoms with Crippen LogP contribution in [0.2, 0.25) is 5.02 Å². The summed E-state index contributed by atoms with van der Waals surface area (Å²) in [6.45, 7) is 1.44. The van der Waals surface area contributed by atoms with Crippen molar-refractivity contribution in [2.75, 3.05) is 20.6 Å². The van der Waals surface area contributed by atoms with Gasteiger partial charge in [-0.15, -0.1) is 0 Å². The number of amides is 1. The van der Waals surface area contributed by atoms with Gasteiger partial charge in [0.2, 0.25) is 5.91 Å². The van der Waals surface area contributed by atoms with Crippen LogP contribution in [0.25, 0.3) is 0 Å². The first-order valence-electron chi connectivity index (χ1n) is 5.36. The van der Waals surface area contributed by atoms with Gasteiger partial charge < -0.3 is 10.2 Å². The van der Waals surface area contributed by atoms with Gasteiger partial charge >= 0.3 is 0 Å². The molecule has 0 bridgehead atoms. The molecule has 17 heavy (non-hydrogen) atoms. The Bertz CT molecular complexity index is 398. The first-order chi connectivity index (χ1) is 8.02. The van der Waals surface area contributed by atoms with E-state index >= 15 is 0 Å². The van der Waals surface area contributed by atoms with Crippen LogP contribution in [-0.4, -0.2) is 31.4 Å².